The van der Waals surface area contributed by atoms with Gasteiger partial charge < -0.3 is 14.8 Å². The van der Waals surface area contributed by atoms with Crippen LogP contribution in [0.15, 0.2) is 57.1 Å². The van der Waals surface area contributed by atoms with Crippen molar-refractivity contribution < 1.29 is 14.3 Å². The quantitative estimate of drug-likeness (QED) is 0.235. The lowest BCUT2D eigenvalue weighted by molar-refractivity contribution is -0.113. The molecule has 204 valence electrons. The molecule has 0 spiro atoms. The highest BCUT2D eigenvalue weighted by molar-refractivity contribution is 8.00. The van der Waals surface area contributed by atoms with Crippen LogP contribution < -0.4 is 26.0 Å². The molecular formula is C28H31N5O5S. The standard InChI is InChI=1S/C28H31N5O5S/c1-6-7-8-17-9-12-19(13-10-17)29-22(34)16-39-26-23-25(32(2)28(36)33(3)27(23)35)30-24(31-26)18-11-14-20(37-4)21(15-18)38-5/h9-15H,6-8,16H2,1-5H3,(H,29,34). The largest absolute Gasteiger partial charge is 0.493 e. The van der Waals surface area contributed by atoms with E-state index in [1.54, 1.807) is 25.2 Å². The molecule has 4 aromatic rings. The van der Waals surface area contributed by atoms with Gasteiger partial charge in [-0.15, -0.1) is 0 Å². The monoisotopic (exact) mass is 549 g/mol. The minimum Gasteiger partial charge on any atom is -0.493 e. The fourth-order valence-electron chi connectivity index (χ4n) is 4.10. The summed E-state index contributed by atoms with van der Waals surface area (Å²) in [4.78, 5) is 47.8. The van der Waals surface area contributed by atoms with E-state index in [1.807, 2.05) is 24.3 Å². The smallest absolute Gasteiger partial charge is 0.332 e. The topological polar surface area (TPSA) is 117 Å². The number of nitrogens with zero attached hydrogens (tertiary/aromatic N) is 4. The van der Waals surface area contributed by atoms with Crippen LogP contribution in [0, 0.1) is 0 Å². The minimum absolute atomic E-state index is 0.00106. The van der Waals surface area contributed by atoms with Crippen LogP contribution in [0.3, 0.4) is 0 Å². The maximum absolute atomic E-state index is 13.1. The Morgan fingerprint density at radius 2 is 1.69 bits per heavy atom. The van der Waals surface area contributed by atoms with Crippen molar-refractivity contribution in [1.29, 1.82) is 0 Å². The molecule has 4 rings (SSSR count). The Morgan fingerprint density at radius 1 is 0.974 bits per heavy atom. The molecule has 0 unspecified atom stereocenters. The highest BCUT2D eigenvalue weighted by Crippen LogP contribution is 2.33. The van der Waals surface area contributed by atoms with E-state index in [0.717, 1.165) is 35.6 Å². The lowest BCUT2D eigenvalue weighted by Gasteiger charge is -2.13. The molecule has 0 aliphatic carbocycles. The number of hydrogen-bond acceptors (Lipinski definition) is 8. The molecule has 39 heavy (non-hydrogen) atoms. The zero-order valence-electron chi connectivity index (χ0n) is 22.6. The van der Waals surface area contributed by atoms with Gasteiger partial charge in [-0.05, 0) is 48.7 Å². The average Bonchev–Trinajstić information content (AvgIpc) is 2.96. The van der Waals surface area contributed by atoms with Crippen molar-refractivity contribution in [1.82, 2.24) is 19.1 Å². The number of ether oxygens (including phenoxy) is 2. The summed E-state index contributed by atoms with van der Waals surface area (Å²) in [6, 6.07) is 13.0. The van der Waals surface area contributed by atoms with Crippen molar-refractivity contribution in [2.45, 2.75) is 31.2 Å². The van der Waals surface area contributed by atoms with E-state index >= 15 is 0 Å². The average molecular weight is 550 g/mol. The number of aromatic nitrogens is 4. The van der Waals surface area contributed by atoms with Crippen molar-refractivity contribution in [3.05, 3.63) is 68.9 Å². The SMILES string of the molecule is CCCCc1ccc(NC(=O)CSc2nc(-c3ccc(OC)c(OC)c3)nc3c2c(=O)n(C)c(=O)n3C)cc1. The molecule has 0 saturated heterocycles. The molecule has 11 heteroatoms. The van der Waals surface area contributed by atoms with Crippen LogP contribution in [0.25, 0.3) is 22.4 Å². The molecular weight excluding hydrogens is 518 g/mol. The zero-order valence-corrected chi connectivity index (χ0v) is 23.4. The first-order chi connectivity index (χ1) is 18.8. The number of carbonyl (C=O) groups is 1. The van der Waals surface area contributed by atoms with Gasteiger partial charge in [-0.2, -0.15) is 0 Å². The molecule has 0 fully saturated rings. The van der Waals surface area contributed by atoms with E-state index in [-0.39, 0.29) is 28.5 Å². The highest BCUT2D eigenvalue weighted by atomic mass is 32.2. The fourth-order valence-corrected chi connectivity index (χ4v) is 4.92. The number of aryl methyl sites for hydroxylation is 2. The van der Waals surface area contributed by atoms with Gasteiger partial charge in [0.2, 0.25) is 5.91 Å². The number of anilines is 1. The fraction of sp³-hybridized carbons (Fsp3) is 0.321. The summed E-state index contributed by atoms with van der Waals surface area (Å²) in [6.45, 7) is 2.15. The van der Waals surface area contributed by atoms with E-state index in [1.165, 1.54) is 31.4 Å². The lowest BCUT2D eigenvalue weighted by Crippen LogP contribution is -2.37. The van der Waals surface area contributed by atoms with Crippen molar-refractivity contribution in [2.75, 3.05) is 25.3 Å². The van der Waals surface area contributed by atoms with Crippen LogP contribution in [0.5, 0.6) is 11.5 Å². The minimum atomic E-state index is -0.530. The predicted molar refractivity (Wildman–Crippen MR) is 153 cm³/mol. The van der Waals surface area contributed by atoms with Crippen LogP contribution in [-0.2, 0) is 25.3 Å². The second-order valence-electron chi connectivity index (χ2n) is 8.96. The Hall–Kier alpha value is -4.12. The van der Waals surface area contributed by atoms with E-state index in [9.17, 15) is 14.4 Å². The number of fused-ring (bicyclic) bond motifs is 1. The number of thioether (sulfide) groups is 1. The van der Waals surface area contributed by atoms with Gasteiger partial charge in [-0.3, -0.25) is 18.7 Å². The third-order valence-electron chi connectivity index (χ3n) is 6.31. The van der Waals surface area contributed by atoms with E-state index in [4.69, 9.17) is 9.47 Å². The van der Waals surface area contributed by atoms with Gasteiger partial charge in [0.05, 0.1) is 20.0 Å². The Kier molecular flexibility index (Phi) is 8.70. The number of hydrogen-bond donors (Lipinski definition) is 1. The Bertz CT molecular complexity index is 1630. The van der Waals surface area contributed by atoms with Gasteiger partial charge in [-0.1, -0.05) is 37.2 Å². The molecule has 2 heterocycles. The molecule has 10 nitrogen and oxygen atoms in total. The summed E-state index contributed by atoms with van der Waals surface area (Å²) in [5.41, 5.74) is 1.64. The molecule has 0 aliphatic rings. The molecule has 0 atom stereocenters. The van der Waals surface area contributed by atoms with Crippen molar-refractivity contribution >= 4 is 34.4 Å². The van der Waals surface area contributed by atoms with E-state index in [0.29, 0.717) is 27.8 Å². The third kappa shape index (κ3) is 5.98. The summed E-state index contributed by atoms with van der Waals surface area (Å²) in [5, 5.41) is 3.36. The number of unbranched alkanes of at least 4 members (excludes halogenated alkanes) is 1. The van der Waals surface area contributed by atoms with Crippen LogP contribution in [0.4, 0.5) is 5.69 Å². The van der Waals surface area contributed by atoms with Gasteiger partial charge >= 0.3 is 5.69 Å². The van der Waals surface area contributed by atoms with Crippen LogP contribution in [0.1, 0.15) is 25.3 Å². The first kappa shape index (κ1) is 27.9. The van der Waals surface area contributed by atoms with Crippen molar-refractivity contribution in [3.8, 4) is 22.9 Å². The second-order valence-corrected chi connectivity index (χ2v) is 9.93. The summed E-state index contributed by atoms with van der Waals surface area (Å²) in [6.07, 6.45) is 3.24. The summed E-state index contributed by atoms with van der Waals surface area (Å²) < 4.78 is 13.0. The number of methoxy groups -OCH3 is 2. The summed E-state index contributed by atoms with van der Waals surface area (Å²) >= 11 is 1.11. The highest BCUT2D eigenvalue weighted by Gasteiger charge is 2.20. The van der Waals surface area contributed by atoms with Crippen LogP contribution in [-0.4, -0.2) is 45.0 Å². The summed E-state index contributed by atoms with van der Waals surface area (Å²) in [7, 11) is 6.00. The van der Waals surface area contributed by atoms with E-state index < -0.39 is 11.2 Å². The first-order valence-electron chi connectivity index (χ1n) is 12.5. The molecule has 0 radical (unpaired) electrons. The van der Waals surface area contributed by atoms with Gasteiger partial charge in [0.1, 0.15) is 10.4 Å². The molecule has 1 N–H and O–H groups in total. The number of benzene rings is 2. The Morgan fingerprint density at radius 3 is 2.36 bits per heavy atom. The van der Waals surface area contributed by atoms with Gasteiger partial charge in [-0.25, -0.2) is 14.8 Å². The third-order valence-corrected chi connectivity index (χ3v) is 7.28. The van der Waals surface area contributed by atoms with Crippen LogP contribution >= 0.6 is 11.8 Å². The molecule has 2 aromatic heterocycles. The Labute approximate surface area is 230 Å². The maximum Gasteiger partial charge on any atom is 0.332 e. The van der Waals surface area contributed by atoms with Gasteiger partial charge in [0.25, 0.3) is 5.56 Å². The van der Waals surface area contributed by atoms with Crippen molar-refractivity contribution in [3.63, 3.8) is 0 Å². The maximum atomic E-state index is 13.1. The lowest BCUT2D eigenvalue weighted by atomic mass is 10.1. The zero-order chi connectivity index (χ0) is 28.1. The molecule has 0 saturated carbocycles. The Balaban J connectivity index is 1.68. The number of carbonyl (C=O) groups excluding carboxylic acids is 1. The van der Waals surface area contributed by atoms with Crippen molar-refractivity contribution in [2.24, 2.45) is 14.1 Å². The number of amides is 1. The number of nitrogens with one attached hydrogen (secondary N) is 1. The van der Waals surface area contributed by atoms with Gasteiger partial charge in [0, 0.05) is 25.3 Å². The molecule has 1 amide bonds. The van der Waals surface area contributed by atoms with Gasteiger partial charge in [0.15, 0.2) is 23.0 Å². The second kappa shape index (κ2) is 12.2. The normalized spacial score (nSPS) is 11.0. The molecule has 0 aliphatic heterocycles. The summed E-state index contributed by atoms with van der Waals surface area (Å²) in [5.74, 6) is 1.04. The van der Waals surface area contributed by atoms with E-state index in [2.05, 4.69) is 22.2 Å². The molecule has 2 aromatic carbocycles. The number of rotatable bonds is 10. The molecule has 0 bridgehead atoms. The predicted octanol–water partition coefficient (Wildman–Crippen LogP) is 3.78. The van der Waals surface area contributed by atoms with Crippen LogP contribution in [0.2, 0.25) is 0 Å². The first-order valence-corrected chi connectivity index (χ1v) is 13.5.